The summed E-state index contributed by atoms with van der Waals surface area (Å²) in [6.07, 6.45) is 6.68. The Balaban J connectivity index is 1.54. The monoisotopic (exact) mass is 443 g/mol. The lowest BCUT2D eigenvalue weighted by Crippen LogP contribution is -2.26. The molecule has 0 spiro atoms. The number of benzene rings is 2. The van der Waals surface area contributed by atoms with E-state index < -0.39 is 0 Å². The maximum atomic E-state index is 11.2. The van der Waals surface area contributed by atoms with E-state index in [0.29, 0.717) is 12.5 Å². The molecule has 4 nitrogen and oxygen atoms in total. The number of amides is 1. The number of carbonyl (C=O) groups is 1. The molecule has 2 aromatic rings. The van der Waals surface area contributed by atoms with Crippen molar-refractivity contribution in [2.75, 3.05) is 6.61 Å². The van der Waals surface area contributed by atoms with Crippen LogP contribution in [-0.4, -0.2) is 18.6 Å². The van der Waals surface area contributed by atoms with Crippen LogP contribution in [0.4, 0.5) is 0 Å². The van der Waals surface area contributed by atoms with Crippen LogP contribution < -0.4 is 14.8 Å². The molecule has 0 radical (unpaired) electrons. The van der Waals surface area contributed by atoms with Gasteiger partial charge in [0.2, 0.25) is 5.91 Å². The van der Waals surface area contributed by atoms with Gasteiger partial charge in [-0.15, -0.1) is 0 Å². The number of carbonyl (C=O) groups excluding carboxylic acids is 1. The van der Waals surface area contributed by atoms with Crippen molar-refractivity contribution in [3.63, 3.8) is 0 Å². The first-order chi connectivity index (χ1) is 14.9. The molecule has 1 N–H and O–H groups in total. The van der Waals surface area contributed by atoms with E-state index in [1.54, 1.807) is 0 Å². The number of nitrogens with one attached hydrogen (secondary N) is 1. The first kappa shape index (κ1) is 23.5. The van der Waals surface area contributed by atoms with E-state index in [1.165, 1.54) is 25.3 Å². The average Bonchev–Trinajstić information content (AvgIpc) is 2.74. The zero-order valence-corrected chi connectivity index (χ0v) is 19.6. The van der Waals surface area contributed by atoms with E-state index in [1.807, 2.05) is 43.3 Å². The van der Waals surface area contributed by atoms with Crippen LogP contribution in [0.25, 0.3) is 0 Å². The summed E-state index contributed by atoms with van der Waals surface area (Å²) in [5.41, 5.74) is 2.26. The SMILES string of the molecule is CCCOc1ccc(CC2CCCC(Oc3ccc(C(C)NC(C)=O)cc3)C2)c(Cl)c1. The topological polar surface area (TPSA) is 47.6 Å². The van der Waals surface area contributed by atoms with Crippen molar-refractivity contribution in [1.29, 1.82) is 0 Å². The molecular formula is C26H34ClNO3. The normalized spacial score (nSPS) is 19.5. The third-order valence-electron chi connectivity index (χ3n) is 5.84. The van der Waals surface area contributed by atoms with Gasteiger partial charge in [0.15, 0.2) is 0 Å². The number of halogens is 1. The summed E-state index contributed by atoms with van der Waals surface area (Å²) >= 11 is 6.53. The Labute approximate surface area is 191 Å². The summed E-state index contributed by atoms with van der Waals surface area (Å²) in [7, 11) is 0. The minimum atomic E-state index is -0.0238. The zero-order valence-electron chi connectivity index (χ0n) is 18.8. The molecule has 0 heterocycles. The van der Waals surface area contributed by atoms with Crippen molar-refractivity contribution in [3.8, 4) is 11.5 Å². The molecule has 3 unspecified atom stereocenters. The maximum absolute atomic E-state index is 11.2. The van der Waals surface area contributed by atoms with Gasteiger partial charge in [-0.05, 0) is 86.8 Å². The van der Waals surface area contributed by atoms with Crippen LogP contribution in [0.1, 0.15) is 70.0 Å². The molecule has 3 rings (SSSR count). The van der Waals surface area contributed by atoms with Crippen molar-refractivity contribution in [1.82, 2.24) is 5.32 Å². The Kier molecular flexibility index (Phi) is 8.65. The molecule has 1 amide bonds. The molecule has 31 heavy (non-hydrogen) atoms. The molecule has 3 atom stereocenters. The van der Waals surface area contributed by atoms with Crippen LogP contribution in [0.15, 0.2) is 42.5 Å². The predicted octanol–water partition coefficient (Wildman–Crippen LogP) is 6.51. The summed E-state index contributed by atoms with van der Waals surface area (Å²) in [5.74, 6) is 2.28. The minimum absolute atomic E-state index is 0.00544. The smallest absolute Gasteiger partial charge is 0.217 e. The lowest BCUT2D eigenvalue weighted by Gasteiger charge is -2.30. The highest BCUT2D eigenvalue weighted by molar-refractivity contribution is 6.31. The molecule has 1 fully saturated rings. The molecule has 0 saturated heterocycles. The predicted molar refractivity (Wildman–Crippen MR) is 126 cm³/mol. The second-order valence-corrected chi connectivity index (χ2v) is 8.98. The second-order valence-electron chi connectivity index (χ2n) is 8.57. The van der Waals surface area contributed by atoms with Crippen molar-refractivity contribution in [2.45, 2.75) is 71.4 Å². The zero-order chi connectivity index (χ0) is 22.2. The molecule has 5 heteroatoms. The molecular weight excluding hydrogens is 410 g/mol. The third kappa shape index (κ3) is 7.17. The molecule has 0 bridgehead atoms. The lowest BCUT2D eigenvalue weighted by molar-refractivity contribution is -0.119. The van der Waals surface area contributed by atoms with Crippen LogP contribution in [-0.2, 0) is 11.2 Å². The van der Waals surface area contributed by atoms with Crippen LogP contribution >= 0.6 is 11.6 Å². The standard InChI is InChI=1S/C26H34ClNO3/c1-4-14-30-24-13-10-22(26(27)17-24)15-20-6-5-7-25(16-20)31-23-11-8-21(9-12-23)18(2)28-19(3)29/h8-13,17-18,20,25H,4-7,14-16H2,1-3H3,(H,28,29). The van der Waals surface area contributed by atoms with Gasteiger partial charge in [-0.25, -0.2) is 0 Å². The molecule has 1 saturated carbocycles. The summed E-state index contributed by atoms with van der Waals surface area (Å²) in [5, 5.41) is 3.70. The van der Waals surface area contributed by atoms with Crippen molar-refractivity contribution in [2.24, 2.45) is 5.92 Å². The van der Waals surface area contributed by atoms with Gasteiger partial charge in [0.05, 0.1) is 18.8 Å². The average molecular weight is 444 g/mol. The number of rotatable bonds is 9. The Hall–Kier alpha value is -2.20. The highest BCUT2D eigenvalue weighted by Gasteiger charge is 2.24. The fourth-order valence-electron chi connectivity index (χ4n) is 4.26. The largest absolute Gasteiger partial charge is 0.494 e. The Morgan fingerprint density at radius 3 is 2.58 bits per heavy atom. The molecule has 2 aromatic carbocycles. The molecule has 168 valence electrons. The Bertz CT molecular complexity index is 852. The van der Waals surface area contributed by atoms with Crippen LogP contribution in [0.5, 0.6) is 11.5 Å². The molecule has 0 aromatic heterocycles. The van der Waals surface area contributed by atoms with Gasteiger partial charge < -0.3 is 14.8 Å². The van der Waals surface area contributed by atoms with Gasteiger partial charge in [0.25, 0.3) is 0 Å². The van der Waals surface area contributed by atoms with Crippen LogP contribution in [0.2, 0.25) is 5.02 Å². The first-order valence-corrected chi connectivity index (χ1v) is 11.8. The summed E-state index contributed by atoms with van der Waals surface area (Å²) in [6, 6.07) is 14.1. The fraction of sp³-hybridized carbons (Fsp3) is 0.500. The maximum Gasteiger partial charge on any atom is 0.217 e. The quantitative estimate of drug-likeness (QED) is 0.480. The minimum Gasteiger partial charge on any atom is -0.494 e. The molecule has 0 aliphatic heterocycles. The van der Waals surface area contributed by atoms with Crippen LogP contribution in [0.3, 0.4) is 0 Å². The highest BCUT2D eigenvalue weighted by atomic mass is 35.5. The van der Waals surface area contributed by atoms with E-state index in [4.69, 9.17) is 21.1 Å². The van der Waals surface area contributed by atoms with Crippen LogP contribution in [0, 0.1) is 5.92 Å². The second kappa shape index (κ2) is 11.4. The van der Waals surface area contributed by atoms with Gasteiger partial charge in [0.1, 0.15) is 11.5 Å². The lowest BCUT2D eigenvalue weighted by atomic mass is 9.83. The third-order valence-corrected chi connectivity index (χ3v) is 6.20. The number of hydrogen-bond donors (Lipinski definition) is 1. The van der Waals surface area contributed by atoms with Gasteiger partial charge in [-0.2, -0.15) is 0 Å². The summed E-state index contributed by atoms with van der Waals surface area (Å²) < 4.78 is 12.0. The summed E-state index contributed by atoms with van der Waals surface area (Å²) in [6.45, 7) is 6.33. The Morgan fingerprint density at radius 1 is 1.16 bits per heavy atom. The van der Waals surface area contributed by atoms with E-state index in [0.717, 1.165) is 47.8 Å². The van der Waals surface area contributed by atoms with E-state index >= 15 is 0 Å². The first-order valence-electron chi connectivity index (χ1n) is 11.4. The van der Waals surface area contributed by atoms with Gasteiger partial charge in [-0.3, -0.25) is 4.79 Å². The van der Waals surface area contributed by atoms with E-state index in [-0.39, 0.29) is 18.1 Å². The Morgan fingerprint density at radius 2 is 1.90 bits per heavy atom. The number of ether oxygens (including phenoxy) is 2. The number of hydrogen-bond acceptors (Lipinski definition) is 3. The van der Waals surface area contributed by atoms with Gasteiger partial charge >= 0.3 is 0 Å². The van der Waals surface area contributed by atoms with Crippen molar-refractivity contribution in [3.05, 3.63) is 58.6 Å². The molecule has 1 aliphatic carbocycles. The van der Waals surface area contributed by atoms with Gasteiger partial charge in [0, 0.05) is 11.9 Å². The molecule has 1 aliphatic rings. The van der Waals surface area contributed by atoms with E-state index in [9.17, 15) is 4.79 Å². The fourth-order valence-corrected chi connectivity index (χ4v) is 4.51. The highest BCUT2D eigenvalue weighted by Crippen LogP contribution is 2.33. The van der Waals surface area contributed by atoms with Gasteiger partial charge in [-0.1, -0.05) is 36.7 Å². The van der Waals surface area contributed by atoms with E-state index in [2.05, 4.69) is 18.3 Å². The van der Waals surface area contributed by atoms with Crippen molar-refractivity contribution >= 4 is 17.5 Å². The van der Waals surface area contributed by atoms with Crippen molar-refractivity contribution < 1.29 is 14.3 Å². The summed E-state index contributed by atoms with van der Waals surface area (Å²) in [4.78, 5) is 11.2.